The van der Waals surface area contributed by atoms with E-state index in [9.17, 15) is 0 Å². The Hall–Kier alpha value is -1.49. The van der Waals surface area contributed by atoms with E-state index in [1.165, 1.54) is 32.1 Å². The first-order valence-electron chi connectivity index (χ1n) is 7.95. The molecular weight excluding hydrogens is 246 g/mol. The first-order valence-corrected chi connectivity index (χ1v) is 7.95. The average molecular weight is 267 g/mol. The van der Waals surface area contributed by atoms with E-state index < -0.39 is 0 Å². The van der Waals surface area contributed by atoms with Gasteiger partial charge in [0.1, 0.15) is 5.75 Å². The molecule has 4 fully saturated rings. The Morgan fingerprint density at radius 2 is 1.55 bits per heavy atom. The van der Waals surface area contributed by atoms with Crippen molar-refractivity contribution in [3.05, 3.63) is 29.8 Å². The molecule has 5 rings (SSSR count). The summed E-state index contributed by atoms with van der Waals surface area (Å²) in [6.07, 6.45) is 7.32. The summed E-state index contributed by atoms with van der Waals surface area (Å²) in [5, 5.41) is 8.81. The maximum atomic E-state index is 8.81. The van der Waals surface area contributed by atoms with Crippen LogP contribution in [0.5, 0.6) is 5.75 Å². The zero-order valence-corrected chi connectivity index (χ0v) is 11.8. The van der Waals surface area contributed by atoms with E-state index in [0.717, 1.165) is 41.9 Å². The van der Waals surface area contributed by atoms with Gasteiger partial charge in [0.15, 0.2) is 0 Å². The van der Waals surface area contributed by atoms with Gasteiger partial charge < -0.3 is 4.74 Å². The van der Waals surface area contributed by atoms with E-state index in [2.05, 4.69) is 6.07 Å². The Kier molecular flexibility index (Phi) is 2.95. The highest BCUT2D eigenvalue weighted by Gasteiger charge is 2.48. The minimum atomic E-state index is 0.701. The van der Waals surface area contributed by atoms with Crippen LogP contribution in [-0.2, 0) is 0 Å². The molecule has 0 atom stereocenters. The van der Waals surface area contributed by atoms with Gasteiger partial charge in [-0.1, -0.05) is 0 Å². The molecule has 4 saturated carbocycles. The van der Waals surface area contributed by atoms with Gasteiger partial charge in [0.25, 0.3) is 0 Å². The van der Waals surface area contributed by atoms with Gasteiger partial charge in [-0.25, -0.2) is 0 Å². The quantitative estimate of drug-likeness (QED) is 0.829. The second-order valence-corrected chi connectivity index (χ2v) is 7.04. The van der Waals surface area contributed by atoms with Gasteiger partial charge in [-0.3, -0.25) is 0 Å². The Balaban J connectivity index is 1.41. The summed E-state index contributed by atoms with van der Waals surface area (Å²) < 4.78 is 6.02. The van der Waals surface area contributed by atoms with Gasteiger partial charge in [-0.15, -0.1) is 0 Å². The fraction of sp³-hybridized carbons (Fsp3) is 0.611. The molecule has 2 heteroatoms. The third-order valence-corrected chi connectivity index (χ3v) is 5.85. The number of nitriles is 1. The summed E-state index contributed by atoms with van der Waals surface area (Å²) in [6, 6.07) is 9.68. The molecule has 0 unspecified atom stereocenters. The number of hydrogen-bond acceptors (Lipinski definition) is 2. The standard InChI is InChI=1S/C18H21NO/c19-10-12-1-3-17(4-2-12)20-11-18-15-6-13-5-14(8-15)9-16(18)7-13/h1-4,13-16,18H,5-9,11H2. The topological polar surface area (TPSA) is 33.0 Å². The molecule has 0 spiro atoms. The molecule has 4 bridgehead atoms. The first-order chi connectivity index (χ1) is 9.81. The number of hydrogen-bond donors (Lipinski definition) is 0. The number of ether oxygens (including phenoxy) is 1. The number of nitrogens with zero attached hydrogens (tertiary/aromatic N) is 1. The highest BCUT2D eigenvalue weighted by molar-refractivity contribution is 5.34. The molecule has 1 aromatic carbocycles. The van der Waals surface area contributed by atoms with Crippen molar-refractivity contribution < 1.29 is 4.74 Å². The first kappa shape index (κ1) is 12.3. The smallest absolute Gasteiger partial charge is 0.119 e. The summed E-state index contributed by atoms with van der Waals surface area (Å²) >= 11 is 0. The molecule has 0 N–H and O–H groups in total. The number of rotatable bonds is 3. The second kappa shape index (κ2) is 4.81. The Morgan fingerprint density at radius 3 is 2.10 bits per heavy atom. The van der Waals surface area contributed by atoms with Crippen LogP contribution in [0.2, 0.25) is 0 Å². The normalized spacial score (nSPS) is 37.6. The van der Waals surface area contributed by atoms with Gasteiger partial charge in [0, 0.05) is 0 Å². The molecule has 20 heavy (non-hydrogen) atoms. The molecule has 1 aromatic rings. The molecule has 4 aliphatic carbocycles. The summed E-state index contributed by atoms with van der Waals surface area (Å²) in [5.74, 6) is 5.60. The van der Waals surface area contributed by atoms with Crippen molar-refractivity contribution in [1.29, 1.82) is 5.26 Å². The Labute approximate surface area is 120 Å². The van der Waals surface area contributed by atoms with E-state index in [4.69, 9.17) is 10.00 Å². The summed E-state index contributed by atoms with van der Waals surface area (Å²) in [7, 11) is 0. The van der Waals surface area contributed by atoms with Crippen LogP contribution in [-0.4, -0.2) is 6.61 Å². The zero-order chi connectivity index (χ0) is 13.5. The van der Waals surface area contributed by atoms with Crippen molar-refractivity contribution in [2.24, 2.45) is 29.6 Å². The largest absolute Gasteiger partial charge is 0.493 e. The third kappa shape index (κ3) is 2.10. The van der Waals surface area contributed by atoms with Crippen LogP contribution in [0.1, 0.15) is 37.7 Å². The van der Waals surface area contributed by atoms with Gasteiger partial charge >= 0.3 is 0 Å². The van der Waals surface area contributed by atoms with Gasteiger partial charge in [0.2, 0.25) is 0 Å². The molecule has 4 aliphatic rings. The van der Waals surface area contributed by atoms with E-state index >= 15 is 0 Å². The SMILES string of the molecule is N#Cc1ccc(OCC2C3CC4CC(C3)CC2C4)cc1. The molecule has 104 valence electrons. The van der Waals surface area contributed by atoms with Gasteiger partial charge in [0.05, 0.1) is 18.2 Å². The van der Waals surface area contributed by atoms with E-state index in [1.54, 1.807) is 0 Å². The lowest BCUT2D eigenvalue weighted by Crippen LogP contribution is -2.47. The fourth-order valence-corrected chi connectivity index (χ4v) is 5.13. The van der Waals surface area contributed by atoms with E-state index in [-0.39, 0.29) is 0 Å². The number of benzene rings is 1. The van der Waals surface area contributed by atoms with Crippen LogP contribution in [0, 0.1) is 40.9 Å². The molecule has 0 aromatic heterocycles. The van der Waals surface area contributed by atoms with Gasteiger partial charge in [-0.05, 0) is 86.0 Å². The second-order valence-electron chi connectivity index (χ2n) is 7.04. The summed E-state index contributed by atoms with van der Waals surface area (Å²) in [5.41, 5.74) is 0.701. The third-order valence-electron chi connectivity index (χ3n) is 5.85. The molecule has 0 aliphatic heterocycles. The minimum absolute atomic E-state index is 0.701. The Morgan fingerprint density at radius 1 is 0.950 bits per heavy atom. The predicted molar refractivity (Wildman–Crippen MR) is 77.2 cm³/mol. The molecule has 0 amide bonds. The lowest BCUT2D eigenvalue weighted by atomic mass is 9.52. The van der Waals surface area contributed by atoms with E-state index in [1.807, 2.05) is 24.3 Å². The van der Waals surface area contributed by atoms with Crippen LogP contribution >= 0.6 is 0 Å². The van der Waals surface area contributed by atoms with Crippen LogP contribution in [0.4, 0.5) is 0 Å². The van der Waals surface area contributed by atoms with Crippen molar-refractivity contribution >= 4 is 0 Å². The summed E-state index contributed by atoms with van der Waals surface area (Å²) in [4.78, 5) is 0. The van der Waals surface area contributed by atoms with Gasteiger partial charge in [-0.2, -0.15) is 5.26 Å². The monoisotopic (exact) mass is 267 g/mol. The molecular formula is C18H21NO. The zero-order valence-electron chi connectivity index (χ0n) is 11.8. The molecule has 2 nitrogen and oxygen atoms in total. The average Bonchev–Trinajstić information content (AvgIpc) is 2.46. The maximum absolute atomic E-state index is 8.81. The molecule has 0 saturated heterocycles. The van der Waals surface area contributed by atoms with Crippen LogP contribution in [0.15, 0.2) is 24.3 Å². The highest BCUT2D eigenvalue weighted by Crippen LogP contribution is 2.56. The lowest BCUT2D eigenvalue weighted by molar-refractivity contribution is -0.0529. The van der Waals surface area contributed by atoms with Crippen LogP contribution in [0.25, 0.3) is 0 Å². The van der Waals surface area contributed by atoms with Crippen molar-refractivity contribution in [3.8, 4) is 11.8 Å². The van der Waals surface area contributed by atoms with Crippen molar-refractivity contribution in [2.45, 2.75) is 32.1 Å². The summed E-state index contributed by atoms with van der Waals surface area (Å²) in [6.45, 7) is 0.876. The van der Waals surface area contributed by atoms with Crippen LogP contribution in [0.3, 0.4) is 0 Å². The minimum Gasteiger partial charge on any atom is -0.493 e. The van der Waals surface area contributed by atoms with Crippen molar-refractivity contribution in [3.63, 3.8) is 0 Å². The molecule has 0 radical (unpaired) electrons. The van der Waals surface area contributed by atoms with E-state index in [0.29, 0.717) is 5.56 Å². The van der Waals surface area contributed by atoms with Crippen LogP contribution < -0.4 is 4.74 Å². The lowest BCUT2D eigenvalue weighted by Gasteiger charge is -2.54. The predicted octanol–water partition coefficient (Wildman–Crippen LogP) is 4.01. The highest BCUT2D eigenvalue weighted by atomic mass is 16.5. The fourth-order valence-electron chi connectivity index (χ4n) is 5.13. The van der Waals surface area contributed by atoms with Crippen molar-refractivity contribution in [1.82, 2.24) is 0 Å². The Bertz CT molecular complexity index is 499. The molecule has 0 heterocycles. The maximum Gasteiger partial charge on any atom is 0.119 e. The van der Waals surface area contributed by atoms with Crippen molar-refractivity contribution in [2.75, 3.05) is 6.61 Å².